The standard InChI is InChI=1S/C29H24N6O2/c1-17(33-28-23(31-2)15-32-29(30)34-28)22-14-19-10-7-11-21(20-12-13-24(36)35(3)16-20)26(19)27(37)25(22)18-8-5-4-6-9-18/h4-17,25H,1,3H3,(H3,30,32,33,34)/t17-,25?/m0/s1. The van der Waals surface area contributed by atoms with Gasteiger partial charge in [-0.25, -0.2) is 14.8 Å². The van der Waals surface area contributed by atoms with Crippen molar-refractivity contribution in [3.8, 4) is 11.1 Å². The molecule has 2 aromatic carbocycles. The molecule has 5 rings (SSSR count). The number of benzene rings is 2. The Kier molecular flexibility index (Phi) is 6.12. The highest BCUT2D eigenvalue weighted by atomic mass is 16.1. The first-order valence-electron chi connectivity index (χ1n) is 11.7. The van der Waals surface area contributed by atoms with Gasteiger partial charge in [0.15, 0.2) is 5.78 Å². The number of carbonyl (C=O) groups excluding carboxylic acids is 1. The van der Waals surface area contributed by atoms with Crippen LogP contribution in [0.5, 0.6) is 0 Å². The predicted molar refractivity (Wildman–Crippen MR) is 144 cm³/mol. The van der Waals surface area contributed by atoms with E-state index in [2.05, 4.69) is 20.1 Å². The van der Waals surface area contributed by atoms with E-state index in [-0.39, 0.29) is 29.0 Å². The third kappa shape index (κ3) is 4.39. The fraction of sp³-hybridized carbons (Fsp3) is 0.138. The first kappa shape index (κ1) is 23.7. The first-order chi connectivity index (χ1) is 17.9. The van der Waals surface area contributed by atoms with Crippen LogP contribution in [0.1, 0.15) is 34.3 Å². The second-order valence-electron chi connectivity index (χ2n) is 8.93. The van der Waals surface area contributed by atoms with Gasteiger partial charge in [0.2, 0.25) is 17.2 Å². The highest BCUT2D eigenvalue weighted by Gasteiger charge is 2.35. The fourth-order valence-electron chi connectivity index (χ4n) is 4.75. The lowest BCUT2D eigenvalue weighted by Crippen LogP contribution is -2.30. The molecule has 8 heteroatoms. The highest BCUT2D eigenvalue weighted by molar-refractivity contribution is 6.13. The zero-order chi connectivity index (χ0) is 26.1. The van der Waals surface area contributed by atoms with Crippen molar-refractivity contribution in [2.45, 2.75) is 18.9 Å². The van der Waals surface area contributed by atoms with E-state index in [0.29, 0.717) is 11.4 Å². The van der Waals surface area contributed by atoms with Crippen LogP contribution in [-0.2, 0) is 7.05 Å². The van der Waals surface area contributed by atoms with Crippen LogP contribution in [0, 0.1) is 6.57 Å². The van der Waals surface area contributed by atoms with E-state index in [1.54, 1.807) is 19.3 Å². The van der Waals surface area contributed by atoms with E-state index < -0.39 is 5.92 Å². The Hall–Kier alpha value is -5.03. The lowest BCUT2D eigenvalue weighted by Gasteiger charge is -2.31. The number of nitrogens with one attached hydrogen (secondary N) is 1. The van der Waals surface area contributed by atoms with Gasteiger partial charge in [0.25, 0.3) is 0 Å². The minimum Gasteiger partial charge on any atom is -0.372 e. The van der Waals surface area contributed by atoms with Crippen molar-refractivity contribution >= 4 is 29.3 Å². The fourth-order valence-corrected chi connectivity index (χ4v) is 4.75. The Morgan fingerprint density at radius 3 is 2.59 bits per heavy atom. The van der Waals surface area contributed by atoms with E-state index in [4.69, 9.17) is 12.3 Å². The van der Waals surface area contributed by atoms with Gasteiger partial charge < -0.3 is 15.6 Å². The van der Waals surface area contributed by atoms with Crippen LogP contribution in [0.4, 0.5) is 17.5 Å². The molecule has 4 aromatic rings. The second-order valence-corrected chi connectivity index (χ2v) is 8.93. The summed E-state index contributed by atoms with van der Waals surface area (Å²) < 4.78 is 1.51. The van der Waals surface area contributed by atoms with Crippen LogP contribution in [0.2, 0.25) is 0 Å². The number of ketones is 1. The van der Waals surface area contributed by atoms with Crippen molar-refractivity contribution in [1.82, 2.24) is 14.5 Å². The first-order valence-corrected chi connectivity index (χ1v) is 11.7. The number of fused-ring (bicyclic) bond motifs is 1. The molecule has 0 spiro atoms. The number of anilines is 2. The Morgan fingerprint density at radius 2 is 1.86 bits per heavy atom. The summed E-state index contributed by atoms with van der Waals surface area (Å²) in [5, 5.41) is 3.28. The molecule has 0 aliphatic heterocycles. The van der Waals surface area contributed by atoms with Gasteiger partial charge in [-0.3, -0.25) is 9.59 Å². The van der Waals surface area contributed by atoms with Crippen LogP contribution in [0.15, 0.2) is 83.4 Å². The van der Waals surface area contributed by atoms with E-state index in [1.165, 1.54) is 16.8 Å². The number of hydrogen-bond acceptors (Lipinski definition) is 6. The number of pyridine rings is 1. The lowest BCUT2D eigenvalue weighted by molar-refractivity contribution is 0.0970. The zero-order valence-electron chi connectivity index (χ0n) is 20.3. The molecule has 1 aliphatic rings. The maximum Gasteiger partial charge on any atom is 0.250 e. The number of aromatic nitrogens is 3. The van der Waals surface area contributed by atoms with E-state index in [9.17, 15) is 9.59 Å². The van der Waals surface area contributed by atoms with Crippen LogP contribution in [-0.4, -0.2) is 26.4 Å². The number of aryl methyl sites for hydroxylation is 1. The monoisotopic (exact) mass is 488 g/mol. The summed E-state index contributed by atoms with van der Waals surface area (Å²) in [4.78, 5) is 37.9. The van der Waals surface area contributed by atoms with Crippen molar-refractivity contribution in [2.24, 2.45) is 7.05 Å². The minimum atomic E-state index is -0.555. The quantitative estimate of drug-likeness (QED) is 0.389. The van der Waals surface area contributed by atoms with Gasteiger partial charge in [-0.1, -0.05) is 54.6 Å². The summed E-state index contributed by atoms with van der Waals surface area (Å²) in [5.41, 5.74) is 10.6. The third-order valence-electron chi connectivity index (χ3n) is 6.55. The molecule has 3 N–H and O–H groups in total. The number of nitrogens with zero attached hydrogens (tertiary/aromatic N) is 4. The number of carbonyl (C=O) groups is 1. The molecular weight excluding hydrogens is 464 g/mol. The lowest BCUT2D eigenvalue weighted by atomic mass is 9.74. The topological polar surface area (TPSA) is 107 Å². The SMILES string of the molecule is [C-]#[N+]c1cnc(N)nc1N[C@@H](C)C1=Cc2cccc(-c3ccc(=O)n(C)c3)c2C(=O)C1c1ccccc1. The largest absolute Gasteiger partial charge is 0.372 e. The summed E-state index contributed by atoms with van der Waals surface area (Å²) >= 11 is 0. The van der Waals surface area contributed by atoms with Crippen molar-refractivity contribution in [3.05, 3.63) is 117 Å². The van der Waals surface area contributed by atoms with Crippen LogP contribution < -0.4 is 16.6 Å². The maximum atomic E-state index is 14.3. The average molecular weight is 489 g/mol. The van der Waals surface area contributed by atoms with E-state index in [0.717, 1.165) is 27.8 Å². The van der Waals surface area contributed by atoms with Gasteiger partial charge in [-0.15, -0.1) is 0 Å². The third-order valence-corrected chi connectivity index (χ3v) is 6.55. The van der Waals surface area contributed by atoms with Crippen molar-refractivity contribution in [3.63, 3.8) is 0 Å². The Labute approximate surface area is 214 Å². The number of nitrogens with two attached hydrogens (primary N) is 1. The predicted octanol–water partition coefficient (Wildman–Crippen LogP) is 4.84. The summed E-state index contributed by atoms with van der Waals surface area (Å²) in [7, 11) is 1.69. The van der Waals surface area contributed by atoms with Gasteiger partial charge in [0.1, 0.15) is 5.82 Å². The smallest absolute Gasteiger partial charge is 0.250 e. The van der Waals surface area contributed by atoms with Crippen LogP contribution in [0.3, 0.4) is 0 Å². The van der Waals surface area contributed by atoms with Gasteiger partial charge in [-0.05, 0) is 40.8 Å². The molecule has 2 aromatic heterocycles. The number of nitrogen functional groups attached to an aromatic ring is 1. The molecule has 37 heavy (non-hydrogen) atoms. The highest BCUT2D eigenvalue weighted by Crippen LogP contribution is 2.41. The molecule has 0 amide bonds. The minimum absolute atomic E-state index is 0.0376. The molecule has 8 nitrogen and oxygen atoms in total. The van der Waals surface area contributed by atoms with E-state index in [1.807, 2.05) is 61.5 Å². The number of hydrogen-bond donors (Lipinski definition) is 2. The molecular formula is C29H24N6O2. The van der Waals surface area contributed by atoms with Crippen molar-refractivity contribution in [2.75, 3.05) is 11.1 Å². The molecule has 2 heterocycles. The van der Waals surface area contributed by atoms with Crippen LogP contribution in [0.25, 0.3) is 22.0 Å². The van der Waals surface area contributed by atoms with Gasteiger partial charge in [0.05, 0.1) is 12.5 Å². The Balaban J connectivity index is 1.66. The van der Waals surface area contributed by atoms with Gasteiger partial charge >= 0.3 is 0 Å². The summed E-state index contributed by atoms with van der Waals surface area (Å²) in [6.07, 6.45) is 5.16. The molecule has 0 saturated carbocycles. The molecule has 0 fully saturated rings. The zero-order valence-corrected chi connectivity index (χ0v) is 20.3. The number of rotatable bonds is 5. The second kappa shape index (κ2) is 9.55. The summed E-state index contributed by atoms with van der Waals surface area (Å²) in [6.45, 7) is 9.39. The molecule has 0 bridgehead atoms. The summed E-state index contributed by atoms with van der Waals surface area (Å²) in [6, 6.07) is 18.3. The van der Waals surface area contributed by atoms with Crippen molar-refractivity contribution < 1.29 is 4.79 Å². The molecule has 1 aliphatic carbocycles. The Morgan fingerprint density at radius 1 is 1.08 bits per heavy atom. The van der Waals surface area contributed by atoms with Gasteiger partial charge in [0, 0.05) is 37.1 Å². The average Bonchev–Trinajstić information content (AvgIpc) is 2.90. The normalized spacial score (nSPS) is 15.3. The molecule has 1 unspecified atom stereocenters. The Bertz CT molecular complexity index is 1650. The number of Topliss-reactive ketones (excluding diaryl/α,β-unsaturated/α-hetero) is 1. The molecule has 2 atom stereocenters. The maximum absolute atomic E-state index is 14.3. The van der Waals surface area contributed by atoms with E-state index >= 15 is 0 Å². The van der Waals surface area contributed by atoms with Gasteiger partial charge in [-0.2, -0.15) is 0 Å². The molecule has 0 radical (unpaired) electrons. The molecule has 0 saturated heterocycles. The van der Waals surface area contributed by atoms with Crippen molar-refractivity contribution in [1.29, 1.82) is 0 Å². The summed E-state index contributed by atoms with van der Waals surface area (Å²) in [5.74, 6) is -0.215. The van der Waals surface area contributed by atoms with Crippen LogP contribution >= 0.6 is 0 Å². The molecule has 182 valence electrons.